The molecule has 2 rings (SSSR count). The molecule has 27 heavy (non-hydrogen) atoms. The molecule has 0 aromatic heterocycles. The van der Waals surface area contributed by atoms with Crippen molar-refractivity contribution in [2.24, 2.45) is 0 Å². The van der Waals surface area contributed by atoms with Crippen LogP contribution in [0.4, 0.5) is 11.4 Å². The molecule has 0 aliphatic heterocycles. The number of halogens is 1. The first kappa shape index (κ1) is 21.0. The lowest BCUT2D eigenvalue weighted by Crippen LogP contribution is -2.32. The molecule has 144 valence electrons. The zero-order valence-electron chi connectivity index (χ0n) is 15.8. The largest absolute Gasteiger partial charge is 0.376 e. The number of carbonyl (C=O) groups excluding carboxylic acids is 2. The standard InChI is InChI=1S/C21H26BrN3O2/c1-3-11-25(12-4-2)21(27)16-7-5-9-18(13-16)23-15-20(26)24-19-10-6-8-17(22)14-19/h5-10,13-14,23H,3-4,11-12,15H2,1-2H3,(H,24,26). The molecule has 0 aliphatic carbocycles. The van der Waals surface area contributed by atoms with Gasteiger partial charge in [-0.15, -0.1) is 0 Å². The van der Waals surface area contributed by atoms with Crippen LogP contribution in [0, 0.1) is 0 Å². The second kappa shape index (κ2) is 10.7. The van der Waals surface area contributed by atoms with E-state index in [1.807, 2.05) is 47.4 Å². The van der Waals surface area contributed by atoms with Gasteiger partial charge < -0.3 is 15.5 Å². The highest BCUT2D eigenvalue weighted by molar-refractivity contribution is 9.10. The van der Waals surface area contributed by atoms with Crippen molar-refractivity contribution in [3.05, 3.63) is 58.6 Å². The van der Waals surface area contributed by atoms with Crippen molar-refractivity contribution in [2.75, 3.05) is 30.3 Å². The number of nitrogens with zero attached hydrogens (tertiary/aromatic N) is 1. The third kappa shape index (κ3) is 6.71. The van der Waals surface area contributed by atoms with Gasteiger partial charge in [0.2, 0.25) is 5.91 Å². The second-order valence-electron chi connectivity index (χ2n) is 6.29. The topological polar surface area (TPSA) is 61.4 Å². The third-order valence-corrected chi connectivity index (χ3v) is 4.44. The lowest BCUT2D eigenvalue weighted by molar-refractivity contribution is -0.114. The quantitative estimate of drug-likeness (QED) is 0.601. The molecule has 0 heterocycles. The third-order valence-electron chi connectivity index (χ3n) is 3.95. The Morgan fingerprint density at radius 2 is 1.63 bits per heavy atom. The molecule has 0 atom stereocenters. The van der Waals surface area contributed by atoms with Crippen molar-refractivity contribution in [1.82, 2.24) is 4.90 Å². The van der Waals surface area contributed by atoms with Gasteiger partial charge in [-0.1, -0.05) is 41.9 Å². The fourth-order valence-corrected chi connectivity index (χ4v) is 3.15. The fourth-order valence-electron chi connectivity index (χ4n) is 2.75. The van der Waals surface area contributed by atoms with Gasteiger partial charge in [-0.05, 0) is 49.2 Å². The minimum atomic E-state index is -0.150. The van der Waals surface area contributed by atoms with Gasteiger partial charge in [0.05, 0.1) is 6.54 Å². The van der Waals surface area contributed by atoms with Crippen LogP contribution < -0.4 is 10.6 Å². The van der Waals surface area contributed by atoms with E-state index in [9.17, 15) is 9.59 Å². The number of anilines is 2. The number of hydrogen-bond donors (Lipinski definition) is 2. The van der Waals surface area contributed by atoms with Gasteiger partial charge >= 0.3 is 0 Å². The van der Waals surface area contributed by atoms with E-state index < -0.39 is 0 Å². The maximum absolute atomic E-state index is 12.7. The van der Waals surface area contributed by atoms with Crippen molar-refractivity contribution >= 4 is 39.1 Å². The summed E-state index contributed by atoms with van der Waals surface area (Å²) < 4.78 is 0.906. The zero-order valence-corrected chi connectivity index (χ0v) is 17.4. The average Bonchev–Trinajstić information content (AvgIpc) is 2.66. The molecule has 0 fully saturated rings. The highest BCUT2D eigenvalue weighted by Crippen LogP contribution is 2.16. The molecule has 0 saturated carbocycles. The lowest BCUT2D eigenvalue weighted by Gasteiger charge is -2.21. The van der Waals surface area contributed by atoms with E-state index in [0.29, 0.717) is 5.56 Å². The summed E-state index contributed by atoms with van der Waals surface area (Å²) in [5.41, 5.74) is 2.11. The molecule has 2 aromatic rings. The summed E-state index contributed by atoms with van der Waals surface area (Å²) in [7, 11) is 0. The van der Waals surface area contributed by atoms with E-state index in [2.05, 4.69) is 40.4 Å². The zero-order chi connectivity index (χ0) is 19.6. The summed E-state index contributed by atoms with van der Waals surface area (Å²) in [6, 6.07) is 14.7. The molecule has 5 nitrogen and oxygen atoms in total. The predicted molar refractivity (Wildman–Crippen MR) is 114 cm³/mol. The van der Waals surface area contributed by atoms with Crippen LogP contribution in [0.15, 0.2) is 53.0 Å². The summed E-state index contributed by atoms with van der Waals surface area (Å²) in [6.07, 6.45) is 1.86. The van der Waals surface area contributed by atoms with Crippen molar-refractivity contribution in [1.29, 1.82) is 0 Å². The summed E-state index contributed by atoms with van der Waals surface area (Å²) >= 11 is 3.38. The van der Waals surface area contributed by atoms with Crippen molar-refractivity contribution in [2.45, 2.75) is 26.7 Å². The first-order valence-electron chi connectivity index (χ1n) is 9.22. The van der Waals surface area contributed by atoms with Gasteiger partial charge in [-0.3, -0.25) is 9.59 Å². The SMILES string of the molecule is CCCN(CCC)C(=O)c1cccc(NCC(=O)Nc2cccc(Br)c2)c1. The van der Waals surface area contributed by atoms with Crippen molar-refractivity contribution in [3.63, 3.8) is 0 Å². The second-order valence-corrected chi connectivity index (χ2v) is 7.20. The number of carbonyl (C=O) groups is 2. The first-order valence-corrected chi connectivity index (χ1v) is 10.0. The molecule has 0 aliphatic rings. The highest BCUT2D eigenvalue weighted by atomic mass is 79.9. The van der Waals surface area contributed by atoms with Gasteiger partial charge in [0.1, 0.15) is 0 Å². The summed E-state index contributed by atoms with van der Waals surface area (Å²) in [5, 5.41) is 5.92. The first-order chi connectivity index (χ1) is 13.0. The van der Waals surface area contributed by atoms with E-state index >= 15 is 0 Å². The van der Waals surface area contributed by atoms with Gasteiger partial charge in [0, 0.05) is 34.5 Å². The molecule has 2 amide bonds. The fraction of sp³-hybridized carbons (Fsp3) is 0.333. The Balaban J connectivity index is 1.96. The van der Waals surface area contributed by atoms with Gasteiger partial charge in [0.15, 0.2) is 0 Å². The van der Waals surface area contributed by atoms with Crippen LogP contribution in [0.1, 0.15) is 37.0 Å². The summed E-state index contributed by atoms with van der Waals surface area (Å²) in [6.45, 7) is 5.76. The number of rotatable bonds is 9. The van der Waals surface area contributed by atoms with Crippen LogP contribution in [-0.4, -0.2) is 36.3 Å². The van der Waals surface area contributed by atoms with Gasteiger partial charge in [0.25, 0.3) is 5.91 Å². The Labute approximate surface area is 169 Å². The Morgan fingerprint density at radius 3 is 2.30 bits per heavy atom. The van der Waals surface area contributed by atoms with E-state index in [-0.39, 0.29) is 18.4 Å². The molecule has 0 radical (unpaired) electrons. The molecule has 2 aromatic carbocycles. The molecular weight excluding hydrogens is 406 g/mol. The molecular formula is C21H26BrN3O2. The number of amides is 2. The van der Waals surface area contributed by atoms with Crippen LogP contribution in [0.25, 0.3) is 0 Å². The van der Waals surface area contributed by atoms with Crippen LogP contribution in [0.2, 0.25) is 0 Å². The van der Waals surface area contributed by atoms with Crippen LogP contribution in [0.3, 0.4) is 0 Å². The number of nitrogens with one attached hydrogen (secondary N) is 2. The Morgan fingerprint density at radius 1 is 0.963 bits per heavy atom. The van der Waals surface area contributed by atoms with Crippen LogP contribution in [0.5, 0.6) is 0 Å². The van der Waals surface area contributed by atoms with Crippen LogP contribution in [-0.2, 0) is 4.79 Å². The van der Waals surface area contributed by atoms with E-state index in [1.165, 1.54) is 0 Å². The van der Waals surface area contributed by atoms with Crippen molar-refractivity contribution in [3.8, 4) is 0 Å². The molecule has 0 unspecified atom stereocenters. The number of hydrogen-bond acceptors (Lipinski definition) is 3. The molecule has 0 saturated heterocycles. The highest BCUT2D eigenvalue weighted by Gasteiger charge is 2.14. The maximum atomic E-state index is 12.7. The van der Waals surface area contributed by atoms with Crippen molar-refractivity contribution < 1.29 is 9.59 Å². The Kier molecular flexibility index (Phi) is 8.33. The van der Waals surface area contributed by atoms with E-state index in [4.69, 9.17) is 0 Å². The average molecular weight is 432 g/mol. The molecule has 2 N–H and O–H groups in total. The van der Waals surface area contributed by atoms with E-state index in [1.54, 1.807) is 6.07 Å². The van der Waals surface area contributed by atoms with Gasteiger partial charge in [-0.25, -0.2) is 0 Å². The van der Waals surface area contributed by atoms with E-state index in [0.717, 1.165) is 41.8 Å². The number of benzene rings is 2. The summed E-state index contributed by atoms with van der Waals surface area (Å²) in [5.74, 6) is -0.121. The minimum absolute atomic E-state index is 0.0286. The van der Waals surface area contributed by atoms with Gasteiger partial charge in [-0.2, -0.15) is 0 Å². The molecule has 0 bridgehead atoms. The maximum Gasteiger partial charge on any atom is 0.253 e. The lowest BCUT2D eigenvalue weighted by atomic mass is 10.1. The monoisotopic (exact) mass is 431 g/mol. The normalized spacial score (nSPS) is 10.3. The smallest absolute Gasteiger partial charge is 0.253 e. The Hall–Kier alpha value is -2.34. The predicted octanol–water partition coefficient (Wildman–Crippen LogP) is 4.76. The Bertz CT molecular complexity index is 774. The molecule has 6 heteroatoms. The van der Waals surface area contributed by atoms with Crippen LogP contribution >= 0.6 is 15.9 Å². The summed E-state index contributed by atoms with van der Waals surface area (Å²) in [4.78, 5) is 26.7. The minimum Gasteiger partial charge on any atom is -0.376 e. The molecule has 0 spiro atoms.